The Kier molecular flexibility index (Phi) is 65.7. The molecule has 0 bridgehead atoms. The Morgan fingerprint density at radius 2 is 0.670 bits per heavy atom. The Hall–Kier alpha value is -0.670. The summed E-state index contributed by atoms with van der Waals surface area (Å²) in [6.45, 7) is 19.6. The maximum Gasteiger partial charge on any atom is 0.305 e. The summed E-state index contributed by atoms with van der Waals surface area (Å²) >= 11 is 0. The van der Waals surface area contributed by atoms with Crippen LogP contribution in [0.15, 0.2) is 24.3 Å². The van der Waals surface area contributed by atoms with E-state index in [1.807, 2.05) is 21.6 Å². The zero-order valence-electron chi connectivity index (χ0n) is 58.9. The lowest BCUT2D eigenvalue weighted by Gasteiger charge is -2.34. The summed E-state index contributed by atoms with van der Waals surface area (Å²) in [6, 6.07) is 0. The molecule has 10 nitrogen and oxygen atoms in total. The van der Waals surface area contributed by atoms with Crippen molar-refractivity contribution in [2.45, 2.75) is 360 Å². The highest BCUT2D eigenvalue weighted by atomic mass is 33.1. The van der Waals surface area contributed by atoms with Crippen molar-refractivity contribution in [1.29, 1.82) is 0 Å². The van der Waals surface area contributed by atoms with Gasteiger partial charge in [0.05, 0.1) is 24.4 Å². The van der Waals surface area contributed by atoms with Crippen LogP contribution in [-0.2, 0) is 9.53 Å². The maximum absolute atomic E-state index is 13.0. The average Bonchev–Trinajstić information content (AvgIpc) is 3.65. The Bertz CT molecular complexity index is 1400. The number of carbonyl (C=O) groups excluding carboxylic acids is 1. The minimum absolute atomic E-state index is 0.146. The first-order valence-corrected chi connectivity index (χ1v) is 41.0. The third-order valence-electron chi connectivity index (χ3n) is 18.3. The molecule has 1 fully saturated rings. The largest absolute Gasteiger partial charge is 0.464 e. The molecule has 4 atom stereocenters. The first kappa shape index (κ1) is 85.3. The number of hydrogen-bond donors (Lipinski definition) is 4. The number of carbonyl (C=O) groups is 1. The number of nitrogens with zero attached hydrogens (tertiary/aromatic N) is 4. The van der Waals surface area contributed by atoms with E-state index in [4.69, 9.17) is 4.74 Å². The highest BCUT2D eigenvalue weighted by Crippen LogP contribution is 2.24. The van der Waals surface area contributed by atoms with E-state index >= 15 is 0 Å². The number of hydrogen-bond acceptors (Lipinski definition) is 12. The van der Waals surface area contributed by atoms with Gasteiger partial charge in [0.1, 0.15) is 6.61 Å². The van der Waals surface area contributed by atoms with E-state index in [1.165, 1.54) is 205 Å². The van der Waals surface area contributed by atoms with Crippen LogP contribution < -0.4 is 0 Å². The van der Waals surface area contributed by atoms with E-state index in [0.717, 1.165) is 147 Å². The fourth-order valence-electron chi connectivity index (χ4n) is 12.5. The number of esters is 1. The van der Waals surface area contributed by atoms with Crippen molar-refractivity contribution in [1.82, 2.24) is 19.6 Å². The molecule has 0 radical (unpaired) electrons. The van der Waals surface area contributed by atoms with Gasteiger partial charge in [-0.05, 0) is 109 Å². The van der Waals surface area contributed by atoms with Gasteiger partial charge in [-0.3, -0.25) is 24.4 Å². The van der Waals surface area contributed by atoms with Gasteiger partial charge in [0.25, 0.3) is 0 Å². The molecule has 0 aliphatic carbocycles. The number of allylic oxidation sites excluding steroid dienone is 4. The van der Waals surface area contributed by atoms with Gasteiger partial charge < -0.3 is 25.2 Å². The van der Waals surface area contributed by atoms with E-state index in [0.29, 0.717) is 52.2 Å². The minimum atomic E-state index is -0.427. The van der Waals surface area contributed by atoms with Crippen LogP contribution in [0.4, 0.5) is 0 Å². The van der Waals surface area contributed by atoms with E-state index in [-0.39, 0.29) is 18.2 Å². The van der Waals surface area contributed by atoms with Gasteiger partial charge in [-0.2, -0.15) is 0 Å². The highest BCUT2D eigenvalue weighted by Gasteiger charge is 2.20. The highest BCUT2D eigenvalue weighted by molar-refractivity contribution is 8.76. The molecule has 522 valence electrons. The topological polar surface area (TPSA) is 120 Å². The van der Waals surface area contributed by atoms with Crippen molar-refractivity contribution in [2.24, 2.45) is 0 Å². The lowest BCUT2D eigenvalue weighted by molar-refractivity contribution is -0.144. The molecule has 0 amide bonds. The number of rotatable bonds is 70. The molecule has 12 heteroatoms. The van der Waals surface area contributed by atoms with Gasteiger partial charge in [-0.25, -0.2) is 0 Å². The fraction of sp³-hybridized carbons (Fsp3) is 0.934. The molecule has 0 aromatic carbocycles. The van der Waals surface area contributed by atoms with Gasteiger partial charge in [0, 0.05) is 83.4 Å². The Morgan fingerprint density at radius 1 is 0.375 bits per heavy atom. The van der Waals surface area contributed by atoms with Gasteiger partial charge in [-0.15, -0.1) is 0 Å². The standard InChI is InChI=1S/C76H150N4O6S2/c1-5-9-13-17-21-25-27-29-31-33-35-39-43-47-54-74(83)70-80(71-75(84)55-48-44-40-36-34-32-30-28-26-22-18-14-10-6-2)58-51-56-76(85)86-65-63-77-59-61-78(62-60-77)64-67-88-87-66-50-49-57-79(68-72(81)52-45-41-37-23-19-15-11-7-3)69-73(82)53-46-42-38-24-20-16-12-8-4/h29-32,72-75,81-84H,5-28,33-71H2,1-4H3/b31-29-,32-30-/t72?,73?,74-,75-/m1/s1. The van der Waals surface area contributed by atoms with Crippen molar-refractivity contribution in [3.63, 3.8) is 0 Å². The summed E-state index contributed by atoms with van der Waals surface area (Å²) in [5.41, 5.74) is 0. The van der Waals surface area contributed by atoms with E-state index in [2.05, 4.69) is 71.6 Å². The lowest BCUT2D eigenvalue weighted by Crippen LogP contribution is -2.47. The molecule has 0 aromatic rings. The van der Waals surface area contributed by atoms with E-state index in [1.54, 1.807) is 0 Å². The molecule has 1 saturated heterocycles. The first-order valence-electron chi connectivity index (χ1n) is 38.5. The summed E-state index contributed by atoms with van der Waals surface area (Å²) in [7, 11) is 3.99. The fourth-order valence-corrected chi connectivity index (χ4v) is 14.6. The van der Waals surface area contributed by atoms with Crippen LogP contribution in [0.1, 0.15) is 336 Å². The molecule has 4 N–H and O–H groups in total. The molecule has 0 saturated carbocycles. The number of unbranched alkanes of at least 4 members (excludes halogenated alkanes) is 35. The summed E-state index contributed by atoms with van der Waals surface area (Å²) in [5.74, 6) is 2.11. The summed E-state index contributed by atoms with van der Waals surface area (Å²) in [5, 5.41) is 44.4. The van der Waals surface area contributed by atoms with Crippen molar-refractivity contribution in [3.05, 3.63) is 24.3 Å². The number of ether oxygens (including phenoxy) is 1. The van der Waals surface area contributed by atoms with Crippen LogP contribution in [0.3, 0.4) is 0 Å². The maximum atomic E-state index is 13.0. The molecule has 1 heterocycles. The predicted molar refractivity (Wildman–Crippen MR) is 388 cm³/mol. The third-order valence-corrected chi connectivity index (χ3v) is 20.7. The van der Waals surface area contributed by atoms with Crippen molar-refractivity contribution in [2.75, 3.05) is 96.6 Å². The lowest BCUT2D eigenvalue weighted by atomic mass is 10.0. The third kappa shape index (κ3) is 60.3. The SMILES string of the molecule is CCCCCCCC/C=C\CCCCCC[C@@H](O)CN(CCCC(=O)OCCN1CCN(CCSSCCCCN(CC(O)CCCCCCCCCC)CC(O)CCCCCCCCCC)CC1)C[C@H](O)CCCCCC/C=C\CCCCCCCC. The van der Waals surface area contributed by atoms with E-state index < -0.39 is 12.2 Å². The second-order valence-electron chi connectivity index (χ2n) is 27.1. The molecule has 1 aliphatic heterocycles. The number of aliphatic hydroxyl groups excluding tert-OH is 4. The molecule has 1 aliphatic rings. The van der Waals surface area contributed by atoms with Gasteiger partial charge in [0.2, 0.25) is 0 Å². The molecular weight excluding hydrogens is 1130 g/mol. The van der Waals surface area contributed by atoms with Crippen LogP contribution in [0, 0.1) is 0 Å². The van der Waals surface area contributed by atoms with Crippen LogP contribution in [0.2, 0.25) is 0 Å². The molecule has 88 heavy (non-hydrogen) atoms. The Labute approximate surface area is 555 Å². The molecule has 0 aromatic heterocycles. The smallest absolute Gasteiger partial charge is 0.305 e. The second-order valence-corrected chi connectivity index (χ2v) is 29.8. The van der Waals surface area contributed by atoms with Crippen molar-refractivity contribution in [3.8, 4) is 0 Å². The molecule has 0 spiro atoms. The second kappa shape index (κ2) is 67.7. The zero-order valence-corrected chi connectivity index (χ0v) is 60.5. The molecular formula is C76H150N4O6S2. The predicted octanol–water partition coefficient (Wildman–Crippen LogP) is 19.5. The van der Waals surface area contributed by atoms with Crippen molar-refractivity contribution < 1.29 is 30.0 Å². The van der Waals surface area contributed by atoms with Gasteiger partial charge >= 0.3 is 5.97 Å². The monoisotopic (exact) mass is 1280 g/mol. The van der Waals surface area contributed by atoms with Gasteiger partial charge in [-0.1, -0.05) is 279 Å². The van der Waals surface area contributed by atoms with Crippen LogP contribution in [-0.4, -0.2) is 167 Å². The quantitative estimate of drug-likeness (QED) is 0.0201. The Balaban J connectivity index is 2.40. The van der Waals surface area contributed by atoms with Crippen molar-refractivity contribution >= 4 is 27.6 Å². The first-order chi connectivity index (χ1) is 43.2. The van der Waals surface area contributed by atoms with Gasteiger partial charge in [0.15, 0.2) is 0 Å². The Morgan fingerprint density at radius 3 is 1.02 bits per heavy atom. The number of aliphatic hydroxyl groups is 4. The summed E-state index contributed by atoms with van der Waals surface area (Å²) in [4.78, 5) is 22.5. The van der Waals surface area contributed by atoms with Crippen LogP contribution >= 0.6 is 21.6 Å². The summed E-state index contributed by atoms with van der Waals surface area (Å²) in [6.07, 6.45) is 65.3. The normalized spacial score (nSPS) is 15.0. The minimum Gasteiger partial charge on any atom is -0.464 e. The van der Waals surface area contributed by atoms with E-state index in [9.17, 15) is 25.2 Å². The molecule has 2 unspecified atom stereocenters. The van der Waals surface area contributed by atoms with Crippen LogP contribution in [0.5, 0.6) is 0 Å². The molecule has 1 rings (SSSR count). The van der Waals surface area contributed by atoms with Crippen LogP contribution in [0.25, 0.3) is 0 Å². The average molecular weight is 1280 g/mol. The zero-order chi connectivity index (χ0) is 63.7. The number of piperazine rings is 1. The summed E-state index contributed by atoms with van der Waals surface area (Å²) < 4.78 is 5.77.